The number of phenols is 1. The van der Waals surface area contributed by atoms with Crippen LogP contribution in [0.25, 0.3) is 0 Å². The van der Waals surface area contributed by atoms with E-state index in [0.717, 1.165) is 53.3 Å². The molecule has 1 aliphatic rings. The molecule has 2 N–H and O–H groups in total. The summed E-state index contributed by atoms with van der Waals surface area (Å²) in [5.41, 5.74) is 4.48. The van der Waals surface area contributed by atoms with Crippen LogP contribution in [0, 0.1) is 13.8 Å². The molecule has 1 aromatic heterocycles. The second-order valence-electron chi connectivity index (χ2n) is 8.13. The number of aryl methyl sites for hydroxylation is 2. The number of aromatic hydroxyl groups is 1. The van der Waals surface area contributed by atoms with Crippen molar-refractivity contribution in [1.82, 2.24) is 14.9 Å². The Labute approximate surface area is 148 Å². The first-order valence-corrected chi connectivity index (χ1v) is 8.79. The minimum Gasteiger partial charge on any atom is -0.507 e. The van der Waals surface area contributed by atoms with Gasteiger partial charge in [-0.3, -0.25) is 9.69 Å². The van der Waals surface area contributed by atoms with Crippen LogP contribution >= 0.6 is 0 Å². The molecule has 0 saturated heterocycles. The molecule has 3 rings (SSSR count). The Morgan fingerprint density at radius 1 is 1.24 bits per heavy atom. The van der Waals surface area contributed by atoms with E-state index in [-0.39, 0.29) is 11.0 Å². The molecular formula is C20H27N3O2. The van der Waals surface area contributed by atoms with Crippen molar-refractivity contribution in [3.63, 3.8) is 0 Å². The summed E-state index contributed by atoms with van der Waals surface area (Å²) in [6.07, 6.45) is 0.790. The van der Waals surface area contributed by atoms with Gasteiger partial charge in [-0.05, 0) is 30.5 Å². The summed E-state index contributed by atoms with van der Waals surface area (Å²) >= 11 is 0. The highest BCUT2D eigenvalue weighted by Crippen LogP contribution is 2.25. The normalized spacial score (nSPS) is 15.2. The Bertz CT molecular complexity index is 839. The first-order chi connectivity index (χ1) is 11.6. The number of aromatic nitrogens is 2. The molecule has 0 amide bonds. The fourth-order valence-electron chi connectivity index (χ4n) is 3.37. The number of phenolic OH excluding ortho intramolecular Hbond substituents is 1. The minimum atomic E-state index is -0.160. The lowest BCUT2D eigenvalue weighted by atomic mass is 9.95. The van der Waals surface area contributed by atoms with Gasteiger partial charge in [-0.1, -0.05) is 32.9 Å². The van der Waals surface area contributed by atoms with Gasteiger partial charge in [0, 0.05) is 31.5 Å². The third-order valence-electron chi connectivity index (χ3n) is 4.82. The van der Waals surface area contributed by atoms with Gasteiger partial charge in [-0.15, -0.1) is 0 Å². The van der Waals surface area contributed by atoms with Crippen molar-refractivity contribution in [3.8, 4) is 5.75 Å². The van der Waals surface area contributed by atoms with Gasteiger partial charge in [-0.2, -0.15) is 0 Å². The molecule has 0 atom stereocenters. The molecular weight excluding hydrogens is 314 g/mol. The summed E-state index contributed by atoms with van der Waals surface area (Å²) < 4.78 is 0. The molecule has 0 bridgehead atoms. The highest BCUT2D eigenvalue weighted by atomic mass is 16.3. The second-order valence-corrected chi connectivity index (χ2v) is 8.13. The number of benzene rings is 1. The van der Waals surface area contributed by atoms with Gasteiger partial charge in [-0.25, -0.2) is 4.98 Å². The maximum atomic E-state index is 12.5. The summed E-state index contributed by atoms with van der Waals surface area (Å²) in [6, 6.07) is 4.03. The van der Waals surface area contributed by atoms with Crippen molar-refractivity contribution in [3.05, 3.63) is 56.3 Å². The third kappa shape index (κ3) is 3.61. The number of H-pyrrole nitrogens is 1. The number of fused-ring (bicyclic) bond motifs is 1. The number of hydrogen-bond donors (Lipinski definition) is 2. The van der Waals surface area contributed by atoms with Crippen molar-refractivity contribution < 1.29 is 5.11 Å². The third-order valence-corrected chi connectivity index (χ3v) is 4.82. The number of hydrogen-bond acceptors (Lipinski definition) is 4. The predicted octanol–water partition coefficient (Wildman–Crippen LogP) is 2.95. The molecule has 0 spiro atoms. The molecule has 25 heavy (non-hydrogen) atoms. The molecule has 0 radical (unpaired) electrons. The Balaban J connectivity index is 1.83. The molecule has 2 heterocycles. The van der Waals surface area contributed by atoms with E-state index in [1.54, 1.807) is 0 Å². The van der Waals surface area contributed by atoms with Gasteiger partial charge in [0.1, 0.15) is 11.6 Å². The fraction of sp³-hybridized carbons (Fsp3) is 0.500. The Morgan fingerprint density at radius 3 is 2.48 bits per heavy atom. The average Bonchev–Trinajstić information content (AvgIpc) is 2.52. The van der Waals surface area contributed by atoms with Gasteiger partial charge in [0.05, 0.1) is 11.3 Å². The van der Waals surface area contributed by atoms with E-state index in [2.05, 4.69) is 30.7 Å². The minimum absolute atomic E-state index is 0.0160. The average molecular weight is 341 g/mol. The van der Waals surface area contributed by atoms with Gasteiger partial charge >= 0.3 is 0 Å². The van der Waals surface area contributed by atoms with Crippen LogP contribution in [0.2, 0.25) is 0 Å². The van der Waals surface area contributed by atoms with E-state index >= 15 is 0 Å². The monoisotopic (exact) mass is 341 g/mol. The lowest BCUT2D eigenvalue weighted by Gasteiger charge is -2.29. The standard InChI is InChI=1S/C20H27N3O2/c1-12-8-14(9-13(2)17(12)24)10-23-7-6-16-15(11-23)18(25)22-19(21-16)20(3,4)5/h8-9,24H,6-7,10-11H2,1-5H3,(H,21,22,25). The van der Waals surface area contributed by atoms with Crippen molar-refractivity contribution in [2.24, 2.45) is 0 Å². The first kappa shape index (κ1) is 17.7. The van der Waals surface area contributed by atoms with Crippen LogP contribution in [-0.4, -0.2) is 26.5 Å². The molecule has 134 valence electrons. The van der Waals surface area contributed by atoms with E-state index in [1.165, 1.54) is 0 Å². The van der Waals surface area contributed by atoms with Crippen LogP contribution in [-0.2, 0) is 24.9 Å². The van der Waals surface area contributed by atoms with Crippen LogP contribution in [0.4, 0.5) is 0 Å². The fourth-order valence-corrected chi connectivity index (χ4v) is 3.37. The van der Waals surface area contributed by atoms with E-state index in [1.807, 2.05) is 26.0 Å². The Hall–Kier alpha value is -2.14. The summed E-state index contributed by atoms with van der Waals surface area (Å²) in [7, 11) is 0. The highest BCUT2D eigenvalue weighted by molar-refractivity contribution is 5.42. The molecule has 0 fully saturated rings. The number of nitrogens with one attached hydrogen (secondary N) is 1. The van der Waals surface area contributed by atoms with E-state index in [9.17, 15) is 9.90 Å². The lowest BCUT2D eigenvalue weighted by Crippen LogP contribution is -2.37. The van der Waals surface area contributed by atoms with Gasteiger partial charge in [0.2, 0.25) is 0 Å². The second kappa shape index (κ2) is 6.30. The Kier molecular flexibility index (Phi) is 4.45. The molecule has 5 heteroatoms. The molecule has 2 aromatic rings. The van der Waals surface area contributed by atoms with Crippen molar-refractivity contribution in [1.29, 1.82) is 0 Å². The summed E-state index contributed by atoms with van der Waals surface area (Å²) in [5, 5.41) is 9.93. The van der Waals surface area contributed by atoms with Crippen molar-refractivity contribution >= 4 is 0 Å². The van der Waals surface area contributed by atoms with Gasteiger partial charge in [0.15, 0.2) is 0 Å². The molecule has 0 aliphatic carbocycles. The first-order valence-electron chi connectivity index (χ1n) is 8.79. The van der Waals surface area contributed by atoms with E-state index in [4.69, 9.17) is 4.98 Å². The van der Waals surface area contributed by atoms with Crippen LogP contribution in [0.5, 0.6) is 5.75 Å². The highest BCUT2D eigenvalue weighted by Gasteiger charge is 2.24. The van der Waals surface area contributed by atoms with Crippen molar-refractivity contribution in [2.45, 2.75) is 59.5 Å². The number of aromatic amines is 1. The zero-order chi connectivity index (χ0) is 18.4. The quantitative estimate of drug-likeness (QED) is 0.881. The van der Waals surface area contributed by atoms with Crippen molar-refractivity contribution in [2.75, 3.05) is 6.54 Å². The van der Waals surface area contributed by atoms with Gasteiger partial charge < -0.3 is 10.1 Å². The maximum Gasteiger partial charge on any atom is 0.255 e. The lowest BCUT2D eigenvalue weighted by molar-refractivity contribution is 0.240. The smallest absolute Gasteiger partial charge is 0.255 e. The zero-order valence-electron chi connectivity index (χ0n) is 15.7. The van der Waals surface area contributed by atoms with Gasteiger partial charge in [0.25, 0.3) is 5.56 Å². The summed E-state index contributed by atoms with van der Waals surface area (Å²) in [4.78, 5) is 22.5. The molecule has 0 unspecified atom stereocenters. The van der Waals surface area contributed by atoms with Crippen LogP contribution < -0.4 is 5.56 Å². The molecule has 1 aliphatic heterocycles. The Morgan fingerprint density at radius 2 is 1.88 bits per heavy atom. The molecule has 5 nitrogen and oxygen atoms in total. The molecule has 0 saturated carbocycles. The van der Waals surface area contributed by atoms with Crippen LogP contribution in [0.15, 0.2) is 16.9 Å². The van der Waals surface area contributed by atoms with Crippen LogP contribution in [0.1, 0.15) is 54.5 Å². The summed E-state index contributed by atoms with van der Waals surface area (Å²) in [5.74, 6) is 1.12. The molecule has 1 aromatic carbocycles. The van der Waals surface area contributed by atoms with E-state index < -0.39 is 0 Å². The SMILES string of the molecule is Cc1cc(CN2CCc3nc(C(C)(C)C)[nH]c(=O)c3C2)cc(C)c1O. The zero-order valence-corrected chi connectivity index (χ0v) is 15.7. The predicted molar refractivity (Wildman–Crippen MR) is 99.0 cm³/mol. The number of nitrogens with zero attached hydrogens (tertiary/aromatic N) is 2. The topological polar surface area (TPSA) is 69.2 Å². The van der Waals surface area contributed by atoms with E-state index in [0.29, 0.717) is 12.3 Å². The largest absolute Gasteiger partial charge is 0.507 e. The number of rotatable bonds is 2. The maximum absolute atomic E-state index is 12.5. The summed E-state index contributed by atoms with van der Waals surface area (Å²) in [6.45, 7) is 12.3. The van der Waals surface area contributed by atoms with Crippen LogP contribution in [0.3, 0.4) is 0 Å².